The molecular formula is C12H21N3O2. The largest absolute Gasteiger partial charge is 0.396 e. The lowest BCUT2D eigenvalue weighted by Crippen LogP contribution is -2.34. The minimum Gasteiger partial charge on any atom is -0.396 e. The van der Waals surface area contributed by atoms with Gasteiger partial charge in [0.2, 0.25) is 0 Å². The summed E-state index contributed by atoms with van der Waals surface area (Å²) in [6.45, 7) is 6.66. The highest BCUT2D eigenvalue weighted by Gasteiger charge is 2.19. The second kappa shape index (κ2) is 5.82. The van der Waals surface area contributed by atoms with Crippen molar-refractivity contribution in [1.82, 2.24) is 15.3 Å². The number of aliphatic hydroxyl groups excluding tert-OH is 1. The summed E-state index contributed by atoms with van der Waals surface area (Å²) in [6.07, 6.45) is 2.99. The number of hydrogen-bond donors (Lipinski definition) is 3. The SMILES string of the molecule is CCc1ncc(C(=O)NCC(C)(C)CCO)[nH]1. The number of nitrogens with zero attached hydrogens (tertiary/aromatic N) is 1. The van der Waals surface area contributed by atoms with Gasteiger partial charge in [-0.25, -0.2) is 4.98 Å². The molecule has 0 fully saturated rings. The van der Waals surface area contributed by atoms with Crippen molar-refractivity contribution in [2.45, 2.75) is 33.6 Å². The van der Waals surface area contributed by atoms with Gasteiger partial charge in [-0.1, -0.05) is 20.8 Å². The average molecular weight is 239 g/mol. The summed E-state index contributed by atoms with van der Waals surface area (Å²) < 4.78 is 0. The van der Waals surface area contributed by atoms with Gasteiger partial charge in [-0.2, -0.15) is 0 Å². The van der Waals surface area contributed by atoms with Crippen LogP contribution in [0, 0.1) is 5.41 Å². The van der Waals surface area contributed by atoms with E-state index in [1.807, 2.05) is 20.8 Å². The summed E-state index contributed by atoms with van der Waals surface area (Å²) in [5, 5.41) is 11.7. The van der Waals surface area contributed by atoms with E-state index in [4.69, 9.17) is 5.11 Å². The standard InChI is InChI=1S/C12H21N3O2/c1-4-10-13-7-9(15-10)11(17)14-8-12(2,3)5-6-16/h7,16H,4-6,8H2,1-3H3,(H,13,15)(H,14,17). The van der Waals surface area contributed by atoms with Crippen LogP contribution in [-0.4, -0.2) is 34.1 Å². The molecule has 0 spiro atoms. The molecule has 1 aromatic heterocycles. The monoisotopic (exact) mass is 239 g/mol. The van der Waals surface area contributed by atoms with Gasteiger partial charge in [0.25, 0.3) is 5.91 Å². The fraction of sp³-hybridized carbons (Fsp3) is 0.667. The maximum atomic E-state index is 11.8. The van der Waals surface area contributed by atoms with Crippen LogP contribution in [0.25, 0.3) is 0 Å². The van der Waals surface area contributed by atoms with Gasteiger partial charge in [0.05, 0.1) is 6.20 Å². The number of rotatable bonds is 6. The zero-order chi connectivity index (χ0) is 12.9. The predicted octanol–water partition coefficient (Wildman–Crippen LogP) is 1.11. The van der Waals surface area contributed by atoms with E-state index in [1.54, 1.807) is 6.20 Å². The van der Waals surface area contributed by atoms with E-state index >= 15 is 0 Å². The van der Waals surface area contributed by atoms with Gasteiger partial charge in [0.1, 0.15) is 11.5 Å². The molecule has 0 bridgehead atoms. The molecule has 1 heterocycles. The lowest BCUT2D eigenvalue weighted by Gasteiger charge is -2.23. The summed E-state index contributed by atoms with van der Waals surface area (Å²) in [5.41, 5.74) is 0.388. The summed E-state index contributed by atoms with van der Waals surface area (Å²) in [7, 11) is 0. The summed E-state index contributed by atoms with van der Waals surface area (Å²) in [6, 6.07) is 0. The van der Waals surface area contributed by atoms with E-state index in [0.717, 1.165) is 12.2 Å². The van der Waals surface area contributed by atoms with Gasteiger partial charge in [0.15, 0.2) is 0 Å². The van der Waals surface area contributed by atoms with E-state index in [1.165, 1.54) is 0 Å². The molecule has 1 rings (SSSR count). The lowest BCUT2D eigenvalue weighted by atomic mass is 9.90. The Kier molecular flexibility index (Phi) is 4.69. The average Bonchev–Trinajstić information content (AvgIpc) is 2.74. The lowest BCUT2D eigenvalue weighted by molar-refractivity contribution is 0.0923. The van der Waals surface area contributed by atoms with Crippen LogP contribution in [0.3, 0.4) is 0 Å². The van der Waals surface area contributed by atoms with Crippen LogP contribution in [0.5, 0.6) is 0 Å². The van der Waals surface area contributed by atoms with Gasteiger partial charge in [-0.05, 0) is 11.8 Å². The molecule has 96 valence electrons. The fourth-order valence-corrected chi connectivity index (χ4v) is 1.46. The molecule has 0 saturated heterocycles. The molecule has 0 aliphatic heterocycles. The van der Waals surface area contributed by atoms with E-state index in [9.17, 15) is 4.79 Å². The van der Waals surface area contributed by atoms with E-state index in [0.29, 0.717) is 18.7 Å². The molecular weight excluding hydrogens is 218 g/mol. The maximum absolute atomic E-state index is 11.8. The van der Waals surface area contributed by atoms with Crippen molar-refractivity contribution in [3.63, 3.8) is 0 Å². The highest BCUT2D eigenvalue weighted by atomic mass is 16.3. The van der Waals surface area contributed by atoms with Gasteiger partial charge in [-0.3, -0.25) is 4.79 Å². The number of carbonyl (C=O) groups excluding carboxylic acids is 1. The van der Waals surface area contributed by atoms with Crippen LogP contribution < -0.4 is 5.32 Å². The molecule has 1 aromatic rings. The molecule has 17 heavy (non-hydrogen) atoms. The van der Waals surface area contributed by atoms with Crippen molar-refractivity contribution in [3.8, 4) is 0 Å². The van der Waals surface area contributed by atoms with Gasteiger partial charge in [-0.15, -0.1) is 0 Å². The molecule has 1 amide bonds. The van der Waals surface area contributed by atoms with Crippen molar-refractivity contribution in [3.05, 3.63) is 17.7 Å². The fourth-order valence-electron chi connectivity index (χ4n) is 1.46. The van der Waals surface area contributed by atoms with Gasteiger partial charge in [0, 0.05) is 19.6 Å². The number of H-pyrrole nitrogens is 1. The number of aromatic nitrogens is 2. The third-order valence-corrected chi connectivity index (χ3v) is 2.72. The summed E-state index contributed by atoms with van der Waals surface area (Å²) >= 11 is 0. The summed E-state index contributed by atoms with van der Waals surface area (Å²) in [5.74, 6) is 0.660. The van der Waals surface area contributed by atoms with Crippen LogP contribution in [-0.2, 0) is 6.42 Å². The Labute approximate surface area is 102 Å². The number of amides is 1. The minimum atomic E-state index is -0.150. The first kappa shape index (κ1) is 13.7. The Hall–Kier alpha value is -1.36. The van der Waals surface area contributed by atoms with Crippen LogP contribution in [0.1, 0.15) is 43.5 Å². The third-order valence-electron chi connectivity index (χ3n) is 2.72. The van der Waals surface area contributed by atoms with Crippen LogP contribution >= 0.6 is 0 Å². The Morgan fingerprint density at radius 3 is 2.82 bits per heavy atom. The number of imidazole rings is 1. The third kappa shape index (κ3) is 4.19. The maximum Gasteiger partial charge on any atom is 0.269 e. The molecule has 0 aliphatic rings. The molecule has 0 radical (unpaired) electrons. The minimum absolute atomic E-state index is 0.0992. The Morgan fingerprint density at radius 1 is 1.59 bits per heavy atom. The molecule has 0 unspecified atom stereocenters. The highest BCUT2D eigenvalue weighted by Crippen LogP contribution is 2.18. The molecule has 0 aliphatic carbocycles. The van der Waals surface area contributed by atoms with Gasteiger partial charge < -0.3 is 15.4 Å². The van der Waals surface area contributed by atoms with Crippen molar-refractivity contribution < 1.29 is 9.90 Å². The zero-order valence-corrected chi connectivity index (χ0v) is 10.7. The normalized spacial score (nSPS) is 11.5. The number of hydrogen-bond acceptors (Lipinski definition) is 3. The molecule has 5 nitrogen and oxygen atoms in total. The number of aryl methyl sites for hydroxylation is 1. The Morgan fingerprint density at radius 2 is 2.29 bits per heavy atom. The smallest absolute Gasteiger partial charge is 0.269 e. The molecule has 0 atom stereocenters. The predicted molar refractivity (Wildman–Crippen MR) is 65.8 cm³/mol. The second-order valence-electron chi connectivity index (χ2n) is 4.92. The first-order chi connectivity index (χ1) is 7.98. The van der Waals surface area contributed by atoms with Gasteiger partial charge >= 0.3 is 0 Å². The first-order valence-corrected chi connectivity index (χ1v) is 5.91. The zero-order valence-electron chi connectivity index (χ0n) is 10.7. The molecule has 5 heteroatoms. The van der Waals surface area contributed by atoms with Crippen LogP contribution in [0.15, 0.2) is 6.20 Å². The van der Waals surface area contributed by atoms with E-state index < -0.39 is 0 Å². The second-order valence-corrected chi connectivity index (χ2v) is 4.92. The molecule has 0 saturated carbocycles. The van der Waals surface area contributed by atoms with Crippen molar-refractivity contribution in [1.29, 1.82) is 0 Å². The van der Waals surface area contributed by atoms with E-state index in [-0.39, 0.29) is 17.9 Å². The van der Waals surface area contributed by atoms with Crippen molar-refractivity contribution in [2.75, 3.05) is 13.2 Å². The van der Waals surface area contributed by atoms with E-state index in [2.05, 4.69) is 15.3 Å². The number of carbonyl (C=O) groups is 1. The number of nitrogens with one attached hydrogen (secondary N) is 2. The number of aromatic amines is 1. The molecule has 0 aromatic carbocycles. The van der Waals surface area contributed by atoms with Crippen molar-refractivity contribution in [2.24, 2.45) is 5.41 Å². The quantitative estimate of drug-likeness (QED) is 0.696. The summed E-state index contributed by atoms with van der Waals surface area (Å²) in [4.78, 5) is 18.8. The molecule has 3 N–H and O–H groups in total. The van der Waals surface area contributed by atoms with Crippen LogP contribution in [0.4, 0.5) is 0 Å². The topological polar surface area (TPSA) is 78.0 Å². The highest BCUT2D eigenvalue weighted by molar-refractivity contribution is 5.92. The Balaban J connectivity index is 2.49. The Bertz CT molecular complexity index is 372. The number of aliphatic hydroxyl groups is 1. The van der Waals surface area contributed by atoms with Crippen molar-refractivity contribution >= 4 is 5.91 Å². The van der Waals surface area contributed by atoms with Crippen LogP contribution in [0.2, 0.25) is 0 Å². The first-order valence-electron chi connectivity index (χ1n) is 5.91.